The summed E-state index contributed by atoms with van der Waals surface area (Å²) < 4.78 is 24.1. The van der Waals surface area contributed by atoms with Gasteiger partial charge in [-0.2, -0.15) is 0 Å². The number of carbonyl (C=O) groups is 2. The van der Waals surface area contributed by atoms with E-state index in [-0.39, 0.29) is 113 Å². The van der Waals surface area contributed by atoms with Crippen LogP contribution >= 0.6 is 0 Å². The summed E-state index contributed by atoms with van der Waals surface area (Å²) in [6.45, 7) is 13.5. The summed E-state index contributed by atoms with van der Waals surface area (Å²) in [5.74, 6) is -3.07. The first-order valence-corrected chi connectivity index (χ1v) is 33.7. The first kappa shape index (κ1) is 86.9. The molecule has 0 spiro atoms. The number of hydrogen-bond donors (Lipinski definition) is 17. The standard InChI is InChI=1S/C43H77NO16.C30H39NO5/c1-4-5-6-7-16-38(60-42-41(56)40(55)39(54)28(3)59-42)27(2)43(57-18-19-58-43)26-37(53)25-36(52)23-32(48)14-9-13-31(47)22-35(51)24-34(50)21-30(46)12-8-11-29(45)20-33(49)15-10-17-44;1-4-5-6-16-19-25(32)24(3)30(36)23(2)18-15-13-11-9-7-8-10-12-14-17-20-28(35)31-29-26(33)21-22-27(29)34/h4-9,12,14,27-42,45-56H,10-11,13,15-26,44H2,1-3H3;4-10,12,14-20,23-25,30,32-33,36H,1,11,13,21-22H2,2-3H3,(H,31,35)/b5-4+,7-6+,12-8+,14-9+;6-5+,9-7+,10-8+,14-12+,18-15+,19-16+,20-17+. The number of rotatable bonds is 45. The van der Waals surface area contributed by atoms with Crippen LogP contribution in [0.25, 0.3) is 0 Å². The third kappa shape index (κ3) is 35.5. The minimum atomic E-state index is -1.53. The molecule has 0 aromatic heterocycles. The maximum atomic E-state index is 11.8. The Balaban J connectivity index is 0.000000742. The van der Waals surface area contributed by atoms with E-state index < -0.39 is 122 Å². The van der Waals surface area contributed by atoms with Crippen LogP contribution in [0, 0.1) is 17.8 Å². The molecular weight excluding hydrogens is 1240 g/mol. The quantitative estimate of drug-likeness (QED) is 0.0168. The van der Waals surface area contributed by atoms with Crippen LogP contribution in [-0.4, -0.2) is 218 Å². The molecule has 1 amide bonds. The van der Waals surface area contributed by atoms with Crippen molar-refractivity contribution in [3.05, 3.63) is 158 Å². The number of unbranched alkanes of at least 4 members (excludes halogenated alkanes) is 1. The van der Waals surface area contributed by atoms with Gasteiger partial charge in [-0.3, -0.25) is 9.59 Å². The lowest BCUT2D eigenvalue weighted by Crippen LogP contribution is -2.59. The van der Waals surface area contributed by atoms with E-state index in [0.717, 1.165) is 12.8 Å². The third-order valence-corrected chi connectivity index (χ3v) is 16.5. The first-order chi connectivity index (χ1) is 45.7. The normalized spacial score (nSPS) is 24.7. The van der Waals surface area contributed by atoms with Crippen molar-refractivity contribution < 1.29 is 105 Å². The molecule has 1 aliphatic carbocycles. The first-order valence-electron chi connectivity index (χ1n) is 33.7. The van der Waals surface area contributed by atoms with Crippen molar-refractivity contribution in [1.82, 2.24) is 5.32 Å². The van der Waals surface area contributed by atoms with Crippen molar-refractivity contribution in [2.45, 2.75) is 247 Å². The van der Waals surface area contributed by atoms with Crippen molar-refractivity contribution in [2.24, 2.45) is 23.5 Å². The van der Waals surface area contributed by atoms with E-state index in [1.807, 2.05) is 81.5 Å². The van der Waals surface area contributed by atoms with Gasteiger partial charge in [0.15, 0.2) is 17.9 Å². The van der Waals surface area contributed by atoms with E-state index in [9.17, 15) is 86.2 Å². The number of allylic oxidation sites excluding steroid dienone is 17. The molecule has 2 fully saturated rings. The summed E-state index contributed by atoms with van der Waals surface area (Å²) in [6, 6.07) is 0. The highest BCUT2D eigenvalue weighted by molar-refractivity contribution is 6.03. The summed E-state index contributed by atoms with van der Waals surface area (Å²) >= 11 is 0. The summed E-state index contributed by atoms with van der Waals surface area (Å²) in [5, 5.41) is 157. The van der Waals surface area contributed by atoms with Crippen LogP contribution in [0.5, 0.6) is 0 Å². The van der Waals surface area contributed by atoms with E-state index in [0.29, 0.717) is 25.8 Å². The Bertz CT molecular complexity index is 2550. The molecule has 2 aliphatic heterocycles. The summed E-state index contributed by atoms with van der Waals surface area (Å²) in [6.07, 6.45) is 25.9. The zero-order valence-electron chi connectivity index (χ0n) is 56.7. The van der Waals surface area contributed by atoms with Crippen LogP contribution < -0.4 is 11.1 Å². The van der Waals surface area contributed by atoms with E-state index >= 15 is 0 Å². The highest BCUT2D eigenvalue weighted by atomic mass is 16.7. The van der Waals surface area contributed by atoms with Gasteiger partial charge in [0.1, 0.15) is 29.8 Å². The molecule has 0 radical (unpaired) electrons. The molecule has 0 bridgehead atoms. The second-order valence-corrected chi connectivity index (χ2v) is 24.9. The molecule has 2 heterocycles. The Hall–Kier alpha value is -5.20. The number of ketones is 1. The predicted molar refractivity (Wildman–Crippen MR) is 368 cm³/mol. The average molecular weight is 1360 g/mol. The van der Waals surface area contributed by atoms with E-state index in [1.54, 1.807) is 68.5 Å². The van der Waals surface area contributed by atoms with E-state index in [1.165, 1.54) is 24.3 Å². The van der Waals surface area contributed by atoms with Crippen LogP contribution in [-0.2, 0) is 28.5 Å². The van der Waals surface area contributed by atoms with Crippen LogP contribution in [0.1, 0.15) is 137 Å². The fourth-order valence-corrected chi connectivity index (χ4v) is 10.8. The van der Waals surface area contributed by atoms with Gasteiger partial charge in [-0.25, -0.2) is 0 Å². The van der Waals surface area contributed by atoms with Gasteiger partial charge in [0.2, 0.25) is 5.91 Å². The highest BCUT2D eigenvalue weighted by Gasteiger charge is 2.50. The molecule has 23 heteroatoms. The lowest BCUT2D eigenvalue weighted by Gasteiger charge is -2.43. The minimum absolute atomic E-state index is 0.00621. The average Bonchev–Trinajstić information content (AvgIpc) is 1.57. The van der Waals surface area contributed by atoms with Gasteiger partial charge in [0.25, 0.3) is 0 Å². The van der Waals surface area contributed by atoms with E-state index in [4.69, 9.17) is 24.7 Å². The Morgan fingerprint density at radius 3 is 1.78 bits per heavy atom. The van der Waals surface area contributed by atoms with Gasteiger partial charge in [-0.15, -0.1) is 0 Å². The molecule has 18 N–H and O–H groups in total. The lowest BCUT2D eigenvalue weighted by molar-refractivity contribution is -0.320. The van der Waals surface area contributed by atoms with Gasteiger partial charge < -0.3 is 107 Å². The molecule has 2 saturated heterocycles. The van der Waals surface area contributed by atoms with Gasteiger partial charge in [0.05, 0.1) is 92.6 Å². The maximum absolute atomic E-state index is 11.8. The monoisotopic (exact) mass is 1360 g/mol. The van der Waals surface area contributed by atoms with Crippen molar-refractivity contribution in [1.29, 1.82) is 0 Å². The molecule has 544 valence electrons. The summed E-state index contributed by atoms with van der Waals surface area (Å²) in [5.41, 5.74) is 5.42. The molecule has 96 heavy (non-hydrogen) atoms. The summed E-state index contributed by atoms with van der Waals surface area (Å²) in [7, 11) is 0. The highest BCUT2D eigenvalue weighted by Crippen LogP contribution is 2.39. The Labute approximate surface area is 568 Å². The number of aliphatic hydroxyl groups excluding tert-OH is 15. The minimum Gasteiger partial charge on any atom is -0.510 e. The molecule has 20 atom stereocenters. The SMILES string of the molecule is C/C=C/C=C/CC(OC1OC(C)C(O)C(O)C1O)C(C)C1(CC(O)CC(O)CC(O)/C=C/CC(O)CC(O)CC(O)CC(O)/C=C/CC(O)CC(O)CCCN)OCCO1.C=C/C=C/C=C/C(O)C(C)C(O)C(C)/C=C/CC/C=C/C=C/C=C/C=C/C(=O)NC1=C(O)CCC1=O. The maximum Gasteiger partial charge on any atom is 0.248 e. The number of amides is 1. The van der Waals surface area contributed by atoms with Crippen molar-refractivity contribution in [2.75, 3.05) is 19.8 Å². The Morgan fingerprint density at radius 2 is 1.19 bits per heavy atom. The van der Waals surface area contributed by atoms with Crippen molar-refractivity contribution in [3.8, 4) is 0 Å². The van der Waals surface area contributed by atoms with E-state index in [2.05, 4.69) is 11.9 Å². The number of aliphatic hydroxyl groups is 15. The number of hydrogen-bond acceptors (Lipinski definition) is 22. The third-order valence-electron chi connectivity index (χ3n) is 16.5. The fraction of sp³-hybridized carbons (Fsp3) is 0.616. The Kier molecular flexibility index (Phi) is 44.7. The molecular formula is C73H116N2O21. The van der Waals surface area contributed by atoms with Gasteiger partial charge in [0, 0.05) is 55.9 Å². The number of Topliss-reactive ketones (excluding diaryl/α,β-unsaturated/α-hetero) is 1. The fourth-order valence-electron chi connectivity index (χ4n) is 10.8. The number of ether oxygens (including phenoxy) is 4. The molecule has 0 aromatic rings. The number of nitrogens with one attached hydrogen (secondary N) is 1. The van der Waals surface area contributed by atoms with Crippen LogP contribution in [0.2, 0.25) is 0 Å². The number of carbonyl (C=O) groups excluding carboxylic acids is 2. The Morgan fingerprint density at radius 1 is 0.635 bits per heavy atom. The predicted octanol–water partition coefficient (Wildman–Crippen LogP) is 4.80. The van der Waals surface area contributed by atoms with Crippen LogP contribution in [0.15, 0.2) is 158 Å². The van der Waals surface area contributed by atoms with Crippen LogP contribution in [0.4, 0.5) is 0 Å². The van der Waals surface area contributed by atoms with Gasteiger partial charge in [-0.05, 0) is 91.0 Å². The second kappa shape index (κ2) is 49.3. The second-order valence-electron chi connectivity index (χ2n) is 24.9. The zero-order valence-corrected chi connectivity index (χ0v) is 56.7. The molecule has 0 aromatic carbocycles. The molecule has 3 aliphatic rings. The molecule has 23 nitrogen and oxygen atoms in total. The van der Waals surface area contributed by atoms with Crippen molar-refractivity contribution >= 4 is 11.7 Å². The molecule has 0 saturated carbocycles. The summed E-state index contributed by atoms with van der Waals surface area (Å²) in [4.78, 5) is 23.3. The van der Waals surface area contributed by atoms with Gasteiger partial charge >= 0.3 is 0 Å². The lowest BCUT2D eigenvalue weighted by atomic mass is 9.86. The van der Waals surface area contributed by atoms with Crippen molar-refractivity contribution in [3.63, 3.8) is 0 Å². The zero-order chi connectivity index (χ0) is 71.6. The largest absolute Gasteiger partial charge is 0.510 e. The molecule has 3 rings (SSSR count). The number of nitrogens with two attached hydrogens (primary N) is 1. The van der Waals surface area contributed by atoms with Crippen LogP contribution in [0.3, 0.4) is 0 Å². The topological polar surface area (TPSA) is 413 Å². The van der Waals surface area contributed by atoms with Gasteiger partial charge in [-0.1, -0.05) is 161 Å². The smallest absolute Gasteiger partial charge is 0.248 e. The molecule has 20 unspecified atom stereocenters.